The monoisotopic (exact) mass is 1690 g/mol. The Labute approximate surface area is 713 Å². The number of ketones is 3. The molecule has 3 aliphatic rings. The molecule has 0 unspecified atom stereocenters. The minimum atomic E-state index is -1.16. The average molecular weight is 1690 g/mol. The Bertz CT molecular complexity index is 3920. The Hall–Kier alpha value is -12.2. The number of ether oxygens (including phenoxy) is 6. The van der Waals surface area contributed by atoms with Gasteiger partial charge in [-0.15, -0.1) is 0 Å². The topological polar surface area (TPSA) is 521 Å². The molecule has 6 aromatic carbocycles. The fraction of sp³-hybridized carbons (Fsp3) is 0.467. The fourth-order valence-corrected chi connectivity index (χ4v) is 12.2. The highest BCUT2D eigenvalue weighted by Gasteiger charge is 2.41. The van der Waals surface area contributed by atoms with Crippen LogP contribution >= 0.6 is 0 Å². The van der Waals surface area contributed by atoms with E-state index in [9.17, 15) is 62.6 Å². The van der Waals surface area contributed by atoms with Crippen molar-refractivity contribution in [1.82, 2.24) is 0 Å². The number of hydrogen-bond acceptors (Lipinski definition) is 20. The second kappa shape index (κ2) is 66.7. The zero-order chi connectivity index (χ0) is 92.7. The van der Waals surface area contributed by atoms with Crippen molar-refractivity contribution in [3.05, 3.63) is 180 Å². The largest absolute Gasteiger partial charge is 0.490 e. The molecule has 3 heterocycles. The molecule has 0 aliphatic carbocycles. The van der Waals surface area contributed by atoms with Gasteiger partial charge in [0.2, 0.25) is 35.4 Å². The summed E-state index contributed by atoms with van der Waals surface area (Å²) in [6.07, 6.45) is -0.787. The van der Waals surface area contributed by atoms with Crippen molar-refractivity contribution in [2.75, 3.05) is 6.61 Å². The van der Waals surface area contributed by atoms with Gasteiger partial charge in [0.05, 0.1) is 79.0 Å². The molecule has 0 spiro atoms. The van der Waals surface area contributed by atoms with Crippen molar-refractivity contribution in [3.63, 3.8) is 0 Å². The van der Waals surface area contributed by atoms with E-state index in [0.717, 1.165) is 42.7 Å². The molecule has 0 aromatic heterocycles. The maximum absolute atomic E-state index is 12.3. The third-order valence-corrected chi connectivity index (χ3v) is 17.4. The number of Topliss-reactive ketones (excluding diaryl/α,β-unsaturated/α-hetero) is 3. The first-order chi connectivity index (χ1) is 58.0. The number of nitriles is 1. The number of rotatable bonds is 33. The predicted molar refractivity (Wildman–Crippen MR) is 465 cm³/mol. The smallest absolute Gasteiger partial charge is 0.307 e. The molecule has 3 aliphatic heterocycles. The quantitative estimate of drug-likeness (QED) is 0.0183. The zero-order valence-corrected chi connectivity index (χ0v) is 73.2. The Morgan fingerprint density at radius 3 is 0.975 bits per heavy atom. The van der Waals surface area contributed by atoms with Crippen molar-refractivity contribution in [2.24, 2.45) is 69.9 Å². The molecule has 668 valence electrons. The third kappa shape index (κ3) is 43.9. The van der Waals surface area contributed by atoms with E-state index < -0.39 is 114 Å². The molecule has 12 atom stereocenters. The van der Waals surface area contributed by atoms with E-state index in [2.05, 4.69) is 26.8 Å². The van der Waals surface area contributed by atoms with E-state index in [0.29, 0.717) is 46.5 Å². The Morgan fingerprint density at radius 2 is 0.669 bits per heavy atom. The van der Waals surface area contributed by atoms with E-state index in [-0.39, 0.29) is 87.0 Å². The molecule has 0 bridgehead atoms. The van der Waals surface area contributed by atoms with Crippen molar-refractivity contribution in [1.29, 1.82) is 5.26 Å². The lowest BCUT2D eigenvalue weighted by molar-refractivity contribution is -0.142. The number of nitrogens with two attached hydrogens (primary N) is 6. The number of para-hydroxylation sites is 6. The van der Waals surface area contributed by atoms with Crippen molar-refractivity contribution in [2.45, 2.75) is 237 Å². The van der Waals surface area contributed by atoms with Crippen LogP contribution in [0.25, 0.3) is 0 Å². The van der Waals surface area contributed by atoms with Gasteiger partial charge in [-0.2, -0.15) is 5.26 Å². The number of carbonyl (C=O) groups excluding carboxylic acids is 9. The van der Waals surface area contributed by atoms with Crippen molar-refractivity contribution in [3.8, 4) is 40.6 Å². The minimum absolute atomic E-state index is 0.0323. The second-order valence-corrected chi connectivity index (χ2v) is 25.6. The number of carbonyl (C=O) groups is 12. The summed E-state index contributed by atoms with van der Waals surface area (Å²) in [5, 5.41) is 44.6. The Morgan fingerprint density at radius 1 is 0.355 bits per heavy atom. The number of carboxylic acid groups (broad SMARTS) is 3. The maximum atomic E-state index is 12.3. The van der Waals surface area contributed by atoms with E-state index >= 15 is 0 Å². The van der Waals surface area contributed by atoms with Crippen LogP contribution in [0.15, 0.2) is 164 Å². The summed E-state index contributed by atoms with van der Waals surface area (Å²) in [5.74, 6) is -6.73. The average Bonchev–Trinajstić information content (AvgIpc) is 0.798. The minimum Gasteiger partial charge on any atom is -0.490 e. The van der Waals surface area contributed by atoms with Crippen LogP contribution in [0.4, 0.5) is 0 Å². The van der Waals surface area contributed by atoms with Crippen LogP contribution < -0.4 is 62.8 Å². The first-order valence-corrected chi connectivity index (χ1v) is 41.3. The number of benzene rings is 6. The van der Waals surface area contributed by atoms with E-state index in [1.807, 2.05) is 151 Å². The third-order valence-electron chi connectivity index (χ3n) is 17.4. The normalized spacial score (nSPS) is 16.3. The molecule has 6 amide bonds. The maximum Gasteiger partial charge on any atom is 0.307 e. The summed E-state index contributed by atoms with van der Waals surface area (Å²) < 4.78 is 34.0. The molecular weight excluding hydrogens is 1560 g/mol. The molecular formula is C92H133N7O22. The Kier molecular flexibility index (Phi) is 62.3. The summed E-state index contributed by atoms with van der Waals surface area (Å²) in [7, 11) is 0. The molecule has 0 saturated carbocycles. The van der Waals surface area contributed by atoms with Gasteiger partial charge in [0.1, 0.15) is 71.1 Å². The first-order valence-electron chi connectivity index (χ1n) is 41.3. The predicted octanol–water partition coefficient (Wildman–Crippen LogP) is 14.3. The standard InChI is InChI=1S/C14H18N2O5.C14H19NO.C13H14N2O4.C13H18N2O4.C13H12O6.C13H16O2.6C2H6/c15-12(17)6-9(7-14(19)20)11(8-13(16)18)21-10-4-2-1-3-5-10;1-3-12(10-11-15)14(4-2)16-13-8-6-5-7-9-13;14-11(16)5-8-10(6-12(15)17)19-9-4-2-1-3-7(9)13(8)18;14-12(17)6-9(8-16)11(7-13(15)18)19-10-4-2-1-3-5-10;14-11(15)5-8-10(6-12(16)17)19-9-4-2-1-3-7(9)13(8)18;1-3-9-11(4-2)15-12-8-6-5-7-10(12)13(9)14;6*1-2/h1-5,9,11H,6-8H2,(H2,15,17)(H2,16,18)(H,19,20);5-9,12,14H,3-4,10H2,1-2H3;1-4,8,10H,5-6H2,(H2,14,16)(H2,15,17);1-5,9,11,16H,6-8H2,(H2,14,17)(H2,15,18);1-4,8,10H,5-6H2,(H,14,15)(H,16,17);5-9,11H,3-4H2,1-2H3;6*1-2H3/t9-,11-;12-,14-;8-,10-;9-,11+;8-,10-;9-,11-;;;;;;/m111011....../s1. The number of hydrogen-bond donors (Lipinski definition) is 10. The van der Waals surface area contributed by atoms with Gasteiger partial charge in [-0.1, -0.05) is 202 Å². The molecule has 121 heavy (non-hydrogen) atoms. The van der Waals surface area contributed by atoms with Crippen LogP contribution in [0.3, 0.4) is 0 Å². The summed E-state index contributed by atoms with van der Waals surface area (Å²) in [6, 6.07) is 50.1. The molecule has 0 saturated heterocycles. The lowest BCUT2D eigenvalue weighted by Crippen LogP contribution is -2.42. The number of aliphatic carboxylic acids is 3. The van der Waals surface area contributed by atoms with Crippen molar-refractivity contribution >= 4 is 70.7 Å². The highest BCUT2D eigenvalue weighted by molar-refractivity contribution is 6.04. The SMILES string of the molecule is CC.CC.CC.CC.CC.CC.CC[C@H](CC#N)[C@@H](CC)Oc1ccccc1.CC[C@H]1Oc2ccccc2C(=O)[C@@H]1CC.NC(=O)C[C@@H](CO)[C@@H](CC(N)=O)Oc1ccccc1.NC(=O)C[C@H](CC(=O)O)[C@@H](CC(N)=O)Oc1ccccc1.NC(=O)C[C@H]1Oc2ccccc2C(=O)[C@@H]1CC(N)=O.O=C(O)C[C@H]1Oc2ccccc2C(=O)[C@@H]1CC(=O)O. The van der Waals surface area contributed by atoms with Gasteiger partial charge in [-0.25, -0.2) is 0 Å². The molecule has 9 rings (SSSR count). The van der Waals surface area contributed by atoms with Crippen molar-refractivity contribution < 1.29 is 106 Å². The van der Waals surface area contributed by atoms with E-state index in [1.165, 1.54) is 0 Å². The summed E-state index contributed by atoms with van der Waals surface area (Å²) in [6.45, 7) is 32.0. The van der Waals surface area contributed by atoms with E-state index in [4.69, 9.17) is 83.4 Å². The number of nitrogens with zero attached hydrogens (tertiary/aromatic N) is 1. The first kappa shape index (κ1) is 113. The van der Waals surface area contributed by atoms with Gasteiger partial charge >= 0.3 is 17.9 Å². The molecule has 0 radical (unpaired) electrons. The number of aliphatic hydroxyl groups excluding tert-OH is 1. The number of primary amides is 6. The van der Waals surface area contributed by atoms with Gasteiger partial charge in [0.25, 0.3) is 0 Å². The summed E-state index contributed by atoms with van der Waals surface area (Å²) in [4.78, 5) is 135. The Balaban J connectivity index is -0.00000135. The molecule has 29 nitrogen and oxygen atoms in total. The van der Waals surface area contributed by atoms with Gasteiger partial charge in [0.15, 0.2) is 17.3 Å². The van der Waals surface area contributed by atoms with Crippen LogP contribution in [0.5, 0.6) is 34.5 Å². The lowest BCUT2D eigenvalue weighted by Gasteiger charge is -2.31. The van der Waals surface area contributed by atoms with Crippen LogP contribution in [0.1, 0.15) is 232 Å². The fourth-order valence-electron chi connectivity index (χ4n) is 12.2. The number of aliphatic hydroxyl groups is 1. The second-order valence-electron chi connectivity index (χ2n) is 25.6. The van der Waals surface area contributed by atoms with Gasteiger partial charge in [-0.05, 0) is 98.5 Å². The lowest BCUT2D eigenvalue weighted by atomic mass is 9.85. The van der Waals surface area contributed by atoms with E-state index in [1.54, 1.807) is 103 Å². The molecule has 29 heteroatoms. The molecule has 6 aromatic rings. The summed E-state index contributed by atoms with van der Waals surface area (Å²) in [5.41, 5.74) is 32.3. The number of carboxylic acids is 3. The van der Waals surface area contributed by atoms with Gasteiger partial charge < -0.3 is 83.2 Å². The van der Waals surface area contributed by atoms with Crippen LogP contribution in [0.2, 0.25) is 0 Å². The van der Waals surface area contributed by atoms with Crippen LogP contribution in [-0.4, -0.2) is 134 Å². The number of fused-ring (bicyclic) bond motifs is 3. The van der Waals surface area contributed by atoms with Crippen LogP contribution in [0, 0.1) is 46.8 Å². The summed E-state index contributed by atoms with van der Waals surface area (Å²) >= 11 is 0. The van der Waals surface area contributed by atoms with Gasteiger partial charge in [-0.3, -0.25) is 57.5 Å². The number of amides is 6. The van der Waals surface area contributed by atoms with Crippen LogP contribution in [-0.2, 0) is 43.2 Å². The highest BCUT2D eigenvalue weighted by atomic mass is 16.5. The highest BCUT2D eigenvalue weighted by Crippen LogP contribution is 2.37. The van der Waals surface area contributed by atoms with Gasteiger partial charge in [0, 0.05) is 50.0 Å². The zero-order valence-electron chi connectivity index (χ0n) is 73.2. The molecule has 16 N–H and O–H groups in total. The molecule has 0 fully saturated rings.